The zero-order valence-electron chi connectivity index (χ0n) is 15.4. The Balaban J connectivity index is 1.96. The van der Waals surface area contributed by atoms with Crippen LogP contribution in [0.5, 0.6) is 0 Å². The van der Waals surface area contributed by atoms with Crippen molar-refractivity contribution in [3.8, 4) is 0 Å². The van der Waals surface area contributed by atoms with Gasteiger partial charge in [-0.3, -0.25) is 0 Å². The molecule has 1 aromatic rings. The third-order valence-electron chi connectivity index (χ3n) is 4.98. The van der Waals surface area contributed by atoms with E-state index in [1.54, 1.807) is 0 Å². The van der Waals surface area contributed by atoms with Gasteiger partial charge < -0.3 is 4.74 Å². The molecule has 1 fully saturated rings. The Morgan fingerprint density at radius 3 is 2.58 bits per heavy atom. The second-order valence-electron chi connectivity index (χ2n) is 7.39. The number of esters is 1. The Hall–Kier alpha value is -1.83. The SMILES string of the molecule is C/C(=C\C=C\c1ccccc1)C(=O)OC1CC(C)CCC1C(C)C. The highest BCUT2D eigenvalue weighted by molar-refractivity contribution is 5.88. The smallest absolute Gasteiger partial charge is 0.333 e. The van der Waals surface area contributed by atoms with Crippen LogP contribution >= 0.6 is 0 Å². The van der Waals surface area contributed by atoms with Gasteiger partial charge in [0.25, 0.3) is 0 Å². The van der Waals surface area contributed by atoms with Crippen LogP contribution in [0.25, 0.3) is 6.08 Å². The van der Waals surface area contributed by atoms with Gasteiger partial charge in [-0.25, -0.2) is 4.79 Å². The van der Waals surface area contributed by atoms with E-state index in [0.29, 0.717) is 23.3 Å². The van der Waals surface area contributed by atoms with E-state index in [1.807, 2.05) is 55.5 Å². The van der Waals surface area contributed by atoms with Gasteiger partial charge in [-0.15, -0.1) is 0 Å². The van der Waals surface area contributed by atoms with Crippen molar-refractivity contribution < 1.29 is 9.53 Å². The van der Waals surface area contributed by atoms with Gasteiger partial charge in [-0.05, 0) is 43.1 Å². The second-order valence-corrected chi connectivity index (χ2v) is 7.39. The van der Waals surface area contributed by atoms with E-state index in [4.69, 9.17) is 4.74 Å². The quantitative estimate of drug-likeness (QED) is 0.397. The minimum atomic E-state index is -0.183. The number of rotatable bonds is 5. The summed E-state index contributed by atoms with van der Waals surface area (Å²) in [7, 11) is 0. The molecule has 0 heterocycles. The van der Waals surface area contributed by atoms with Gasteiger partial charge in [-0.1, -0.05) is 75.8 Å². The van der Waals surface area contributed by atoms with E-state index < -0.39 is 0 Å². The van der Waals surface area contributed by atoms with Crippen LogP contribution in [0.3, 0.4) is 0 Å². The lowest BCUT2D eigenvalue weighted by Gasteiger charge is -2.36. The molecule has 3 unspecified atom stereocenters. The fourth-order valence-electron chi connectivity index (χ4n) is 3.42. The molecule has 1 aromatic carbocycles. The molecule has 0 amide bonds. The maximum atomic E-state index is 12.4. The highest BCUT2D eigenvalue weighted by atomic mass is 16.5. The zero-order chi connectivity index (χ0) is 17.5. The lowest BCUT2D eigenvalue weighted by Crippen LogP contribution is -2.36. The van der Waals surface area contributed by atoms with Crippen LogP contribution in [0.2, 0.25) is 0 Å². The van der Waals surface area contributed by atoms with Gasteiger partial charge in [-0.2, -0.15) is 0 Å². The Morgan fingerprint density at radius 2 is 1.92 bits per heavy atom. The Morgan fingerprint density at radius 1 is 1.21 bits per heavy atom. The summed E-state index contributed by atoms with van der Waals surface area (Å²) in [5, 5.41) is 0. The number of hydrogen-bond acceptors (Lipinski definition) is 2. The van der Waals surface area contributed by atoms with Crippen LogP contribution in [0.4, 0.5) is 0 Å². The molecule has 1 saturated carbocycles. The van der Waals surface area contributed by atoms with Crippen molar-refractivity contribution in [1.82, 2.24) is 0 Å². The maximum Gasteiger partial charge on any atom is 0.333 e. The summed E-state index contributed by atoms with van der Waals surface area (Å²) in [6.45, 7) is 8.54. The monoisotopic (exact) mass is 326 g/mol. The molecule has 0 aromatic heterocycles. The average Bonchev–Trinajstić information content (AvgIpc) is 2.55. The van der Waals surface area contributed by atoms with Crippen molar-refractivity contribution in [1.29, 1.82) is 0 Å². The Kier molecular flexibility index (Phi) is 6.84. The Labute approximate surface area is 146 Å². The first-order valence-electron chi connectivity index (χ1n) is 9.08. The lowest BCUT2D eigenvalue weighted by molar-refractivity contribution is -0.151. The molecular weight excluding hydrogens is 296 g/mol. The molecule has 2 heteroatoms. The largest absolute Gasteiger partial charge is 0.459 e. The first-order chi connectivity index (χ1) is 11.5. The summed E-state index contributed by atoms with van der Waals surface area (Å²) in [6, 6.07) is 10.1. The molecule has 24 heavy (non-hydrogen) atoms. The molecule has 1 aliphatic carbocycles. The molecule has 0 aliphatic heterocycles. The van der Waals surface area contributed by atoms with E-state index in [1.165, 1.54) is 6.42 Å². The molecule has 0 radical (unpaired) electrons. The van der Waals surface area contributed by atoms with Gasteiger partial charge >= 0.3 is 5.97 Å². The van der Waals surface area contributed by atoms with Crippen LogP contribution in [0, 0.1) is 17.8 Å². The van der Waals surface area contributed by atoms with Crippen molar-refractivity contribution in [2.45, 2.75) is 53.1 Å². The van der Waals surface area contributed by atoms with Crippen LogP contribution in [0.1, 0.15) is 52.5 Å². The highest BCUT2D eigenvalue weighted by Crippen LogP contribution is 2.35. The third-order valence-corrected chi connectivity index (χ3v) is 4.98. The normalized spacial score (nSPS) is 25.2. The van der Waals surface area contributed by atoms with Gasteiger partial charge in [0.15, 0.2) is 0 Å². The van der Waals surface area contributed by atoms with E-state index >= 15 is 0 Å². The molecule has 0 spiro atoms. The third kappa shape index (κ3) is 5.36. The predicted octanol–water partition coefficient (Wildman–Crippen LogP) is 5.65. The van der Waals surface area contributed by atoms with Crippen LogP contribution < -0.4 is 0 Å². The fraction of sp³-hybridized carbons (Fsp3) is 0.500. The zero-order valence-corrected chi connectivity index (χ0v) is 15.4. The summed E-state index contributed by atoms with van der Waals surface area (Å²) < 4.78 is 5.86. The topological polar surface area (TPSA) is 26.3 Å². The molecule has 1 aliphatic rings. The van der Waals surface area contributed by atoms with Crippen molar-refractivity contribution in [3.63, 3.8) is 0 Å². The number of benzene rings is 1. The minimum absolute atomic E-state index is 0.0581. The number of carbonyl (C=O) groups is 1. The van der Waals surface area contributed by atoms with E-state index in [2.05, 4.69) is 20.8 Å². The van der Waals surface area contributed by atoms with E-state index in [-0.39, 0.29) is 12.1 Å². The van der Waals surface area contributed by atoms with Gasteiger partial charge in [0.2, 0.25) is 0 Å². The fourth-order valence-corrected chi connectivity index (χ4v) is 3.42. The summed E-state index contributed by atoms with van der Waals surface area (Å²) in [5.74, 6) is 1.49. The minimum Gasteiger partial charge on any atom is -0.459 e. The van der Waals surface area contributed by atoms with Crippen molar-refractivity contribution >= 4 is 12.0 Å². The molecular formula is C22H30O2. The average molecular weight is 326 g/mol. The van der Waals surface area contributed by atoms with E-state index in [9.17, 15) is 4.79 Å². The van der Waals surface area contributed by atoms with E-state index in [0.717, 1.165) is 18.4 Å². The highest BCUT2D eigenvalue weighted by Gasteiger charge is 2.33. The number of allylic oxidation sites excluding steroid dienone is 2. The number of ether oxygens (including phenoxy) is 1. The van der Waals surface area contributed by atoms with Crippen molar-refractivity contribution in [2.24, 2.45) is 17.8 Å². The first kappa shape index (κ1) is 18.5. The van der Waals surface area contributed by atoms with Crippen molar-refractivity contribution in [3.05, 3.63) is 53.6 Å². The van der Waals surface area contributed by atoms with Crippen molar-refractivity contribution in [2.75, 3.05) is 0 Å². The predicted molar refractivity (Wildman–Crippen MR) is 100 cm³/mol. The summed E-state index contributed by atoms with van der Waals surface area (Å²) in [4.78, 5) is 12.4. The lowest BCUT2D eigenvalue weighted by atomic mass is 9.75. The number of carbonyl (C=O) groups excluding carboxylic acids is 1. The van der Waals surface area contributed by atoms with Gasteiger partial charge in [0.05, 0.1) is 0 Å². The molecule has 3 atom stereocenters. The van der Waals surface area contributed by atoms with Gasteiger partial charge in [0.1, 0.15) is 6.10 Å². The molecule has 2 rings (SSSR count). The molecule has 0 bridgehead atoms. The standard InChI is InChI=1S/C22H30O2/c1-16(2)20-14-13-17(3)15-21(20)24-22(23)18(4)9-8-12-19-10-6-5-7-11-19/h5-12,16-17,20-21H,13-15H2,1-4H3/b12-8+,18-9+. The molecule has 0 N–H and O–H groups in total. The maximum absolute atomic E-state index is 12.4. The molecule has 0 saturated heterocycles. The second kappa shape index (κ2) is 8.86. The van der Waals surface area contributed by atoms with Crippen LogP contribution in [-0.2, 0) is 9.53 Å². The number of hydrogen-bond donors (Lipinski definition) is 0. The van der Waals surface area contributed by atoms with Crippen LogP contribution in [0.15, 0.2) is 48.1 Å². The summed E-state index contributed by atoms with van der Waals surface area (Å²) in [6.07, 6.45) is 9.20. The molecule has 2 nitrogen and oxygen atoms in total. The first-order valence-corrected chi connectivity index (χ1v) is 9.08. The summed E-state index contributed by atoms with van der Waals surface area (Å²) in [5.41, 5.74) is 1.78. The van der Waals surface area contributed by atoms with Gasteiger partial charge in [0, 0.05) is 5.57 Å². The summed E-state index contributed by atoms with van der Waals surface area (Å²) >= 11 is 0. The Bertz CT molecular complexity index is 583. The van der Waals surface area contributed by atoms with Crippen LogP contribution in [-0.4, -0.2) is 12.1 Å². The molecule has 130 valence electrons.